The molecule has 18 heavy (non-hydrogen) atoms. The van der Waals surface area contributed by atoms with Crippen molar-refractivity contribution in [3.63, 3.8) is 0 Å². The Morgan fingerprint density at radius 2 is 2.17 bits per heavy atom. The van der Waals surface area contributed by atoms with E-state index in [1.807, 2.05) is 19.9 Å². The van der Waals surface area contributed by atoms with Gasteiger partial charge in [-0.05, 0) is 44.8 Å². The minimum absolute atomic E-state index is 0.108. The Morgan fingerprint density at radius 3 is 2.89 bits per heavy atom. The van der Waals surface area contributed by atoms with Crippen molar-refractivity contribution in [2.45, 2.75) is 45.3 Å². The van der Waals surface area contributed by atoms with Crippen molar-refractivity contribution < 1.29 is 14.6 Å². The van der Waals surface area contributed by atoms with Crippen molar-refractivity contribution in [1.82, 2.24) is 0 Å². The Balaban J connectivity index is 2.30. The summed E-state index contributed by atoms with van der Waals surface area (Å²) in [4.78, 5) is 11.6. The SMILES string of the molecule is C=C1C(=O)O[C@@H]2/C=C(/C)CCC=C(C)[C@@H](O)C[C@@H]12. The first-order valence-electron chi connectivity index (χ1n) is 6.41. The summed E-state index contributed by atoms with van der Waals surface area (Å²) in [6.07, 6.45) is 5.64. The maximum Gasteiger partial charge on any atom is 0.334 e. The van der Waals surface area contributed by atoms with Crippen molar-refractivity contribution in [2.24, 2.45) is 5.92 Å². The molecule has 1 saturated heterocycles. The maximum atomic E-state index is 11.6. The Labute approximate surface area is 108 Å². The molecule has 3 nitrogen and oxygen atoms in total. The fourth-order valence-electron chi connectivity index (χ4n) is 2.51. The molecule has 0 aromatic heterocycles. The van der Waals surface area contributed by atoms with Crippen molar-refractivity contribution in [3.05, 3.63) is 35.5 Å². The van der Waals surface area contributed by atoms with Gasteiger partial charge in [-0.1, -0.05) is 18.2 Å². The molecule has 0 saturated carbocycles. The van der Waals surface area contributed by atoms with E-state index in [0.29, 0.717) is 12.0 Å². The topological polar surface area (TPSA) is 46.5 Å². The first kappa shape index (κ1) is 13.1. The van der Waals surface area contributed by atoms with Gasteiger partial charge in [0, 0.05) is 11.5 Å². The Hall–Kier alpha value is -1.35. The van der Waals surface area contributed by atoms with Gasteiger partial charge in [0.2, 0.25) is 0 Å². The summed E-state index contributed by atoms with van der Waals surface area (Å²) in [5.41, 5.74) is 2.67. The van der Waals surface area contributed by atoms with Gasteiger partial charge in [-0.15, -0.1) is 0 Å². The van der Waals surface area contributed by atoms with Gasteiger partial charge in [-0.3, -0.25) is 0 Å². The number of rotatable bonds is 0. The number of allylic oxidation sites excluding steroid dienone is 2. The molecular formula is C15H20O3. The van der Waals surface area contributed by atoms with E-state index in [9.17, 15) is 9.90 Å². The van der Waals surface area contributed by atoms with Gasteiger partial charge in [0.05, 0.1) is 6.10 Å². The number of aliphatic hydroxyl groups is 1. The molecule has 1 heterocycles. The molecular weight excluding hydrogens is 228 g/mol. The van der Waals surface area contributed by atoms with Crippen LogP contribution >= 0.6 is 0 Å². The zero-order chi connectivity index (χ0) is 13.3. The monoisotopic (exact) mass is 248 g/mol. The Bertz CT molecular complexity index is 431. The third-order valence-electron chi connectivity index (χ3n) is 3.81. The van der Waals surface area contributed by atoms with Crippen molar-refractivity contribution in [3.8, 4) is 0 Å². The summed E-state index contributed by atoms with van der Waals surface area (Å²) in [7, 11) is 0. The zero-order valence-electron chi connectivity index (χ0n) is 11.0. The van der Waals surface area contributed by atoms with Gasteiger partial charge < -0.3 is 9.84 Å². The zero-order valence-corrected chi connectivity index (χ0v) is 11.0. The van der Waals surface area contributed by atoms with Crippen LogP contribution in [0.15, 0.2) is 35.5 Å². The number of ether oxygens (including phenoxy) is 1. The number of esters is 1. The maximum absolute atomic E-state index is 11.6. The molecule has 0 aromatic rings. The summed E-state index contributed by atoms with van der Waals surface area (Å²) in [6.45, 7) is 7.78. The second kappa shape index (κ2) is 5.11. The number of hydrogen-bond acceptors (Lipinski definition) is 3. The molecule has 0 spiro atoms. The van der Waals surface area contributed by atoms with Crippen LogP contribution in [0.25, 0.3) is 0 Å². The standard InChI is InChI=1S/C15H20O3/c1-9-5-4-6-10(2)13(16)8-12-11(3)15(17)18-14(12)7-9/h6-7,12-14,16H,3-5,8H2,1-2H3/b9-7-,10-6?/t12-,13-,14+/m0/s1. The number of aliphatic hydroxyl groups excluding tert-OH is 1. The van der Waals surface area contributed by atoms with Gasteiger partial charge in [0.15, 0.2) is 0 Å². The van der Waals surface area contributed by atoms with Gasteiger partial charge in [0.25, 0.3) is 0 Å². The molecule has 1 aliphatic carbocycles. The average Bonchev–Trinajstić information content (AvgIpc) is 2.56. The molecule has 3 atom stereocenters. The van der Waals surface area contributed by atoms with E-state index in [2.05, 4.69) is 12.7 Å². The highest BCUT2D eigenvalue weighted by Gasteiger charge is 2.38. The van der Waals surface area contributed by atoms with Crippen LogP contribution in [0, 0.1) is 5.92 Å². The molecule has 3 heteroatoms. The summed E-state index contributed by atoms with van der Waals surface area (Å²) >= 11 is 0. The van der Waals surface area contributed by atoms with Crippen LogP contribution in [-0.4, -0.2) is 23.3 Å². The van der Waals surface area contributed by atoms with E-state index in [-0.39, 0.29) is 18.0 Å². The van der Waals surface area contributed by atoms with Gasteiger partial charge in [-0.2, -0.15) is 0 Å². The number of carbonyl (C=O) groups excluding carboxylic acids is 1. The summed E-state index contributed by atoms with van der Waals surface area (Å²) in [6, 6.07) is 0. The van der Waals surface area contributed by atoms with E-state index >= 15 is 0 Å². The van der Waals surface area contributed by atoms with E-state index in [1.165, 1.54) is 5.57 Å². The minimum atomic E-state index is -0.518. The van der Waals surface area contributed by atoms with Crippen LogP contribution in [-0.2, 0) is 9.53 Å². The highest BCUT2D eigenvalue weighted by molar-refractivity contribution is 5.91. The minimum Gasteiger partial charge on any atom is -0.454 e. The number of carbonyl (C=O) groups is 1. The summed E-state index contributed by atoms with van der Waals surface area (Å²) < 4.78 is 5.32. The lowest BCUT2D eigenvalue weighted by Crippen LogP contribution is -2.22. The second-order valence-corrected chi connectivity index (χ2v) is 5.25. The van der Waals surface area contributed by atoms with Crippen molar-refractivity contribution >= 4 is 5.97 Å². The molecule has 2 aliphatic rings. The van der Waals surface area contributed by atoms with Crippen LogP contribution < -0.4 is 0 Å². The quantitative estimate of drug-likeness (QED) is 0.407. The summed E-state index contributed by atoms with van der Waals surface area (Å²) in [5.74, 6) is -0.439. The molecule has 0 bridgehead atoms. The van der Waals surface area contributed by atoms with E-state index in [0.717, 1.165) is 18.4 Å². The Kier molecular flexibility index (Phi) is 3.71. The second-order valence-electron chi connectivity index (χ2n) is 5.25. The van der Waals surface area contributed by atoms with E-state index in [1.54, 1.807) is 0 Å². The number of hydrogen-bond donors (Lipinski definition) is 1. The molecule has 0 aromatic carbocycles. The number of fused-ring (bicyclic) bond motifs is 1. The predicted octanol–water partition coefficient (Wildman–Crippen LogP) is 2.52. The smallest absolute Gasteiger partial charge is 0.334 e. The first-order valence-corrected chi connectivity index (χ1v) is 6.41. The third kappa shape index (κ3) is 2.56. The van der Waals surface area contributed by atoms with Crippen LogP contribution in [0.1, 0.15) is 33.1 Å². The molecule has 0 radical (unpaired) electrons. The van der Waals surface area contributed by atoms with E-state index < -0.39 is 6.10 Å². The molecule has 1 fully saturated rings. The summed E-state index contributed by atoms with van der Waals surface area (Å²) in [5, 5.41) is 10.1. The largest absolute Gasteiger partial charge is 0.454 e. The first-order chi connectivity index (χ1) is 8.49. The van der Waals surface area contributed by atoms with Crippen LogP contribution in [0.4, 0.5) is 0 Å². The molecule has 2 rings (SSSR count). The third-order valence-corrected chi connectivity index (χ3v) is 3.81. The average molecular weight is 248 g/mol. The lowest BCUT2D eigenvalue weighted by Gasteiger charge is -2.21. The van der Waals surface area contributed by atoms with Crippen LogP contribution in [0.2, 0.25) is 0 Å². The van der Waals surface area contributed by atoms with Gasteiger partial charge >= 0.3 is 5.97 Å². The molecule has 1 N–H and O–H groups in total. The predicted molar refractivity (Wildman–Crippen MR) is 69.9 cm³/mol. The Morgan fingerprint density at radius 1 is 1.44 bits per heavy atom. The van der Waals surface area contributed by atoms with Crippen LogP contribution in [0.3, 0.4) is 0 Å². The molecule has 98 valence electrons. The van der Waals surface area contributed by atoms with Crippen molar-refractivity contribution in [2.75, 3.05) is 0 Å². The normalized spacial score (nSPS) is 36.3. The molecule has 1 aliphatic heterocycles. The van der Waals surface area contributed by atoms with Crippen molar-refractivity contribution in [1.29, 1.82) is 0 Å². The molecule has 0 amide bonds. The highest BCUT2D eigenvalue weighted by Crippen LogP contribution is 2.34. The van der Waals surface area contributed by atoms with Crippen LogP contribution in [0.5, 0.6) is 0 Å². The van der Waals surface area contributed by atoms with Gasteiger partial charge in [-0.25, -0.2) is 4.79 Å². The van der Waals surface area contributed by atoms with Gasteiger partial charge in [0.1, 0.15) is 6.10 Å². The molecule has 0 unspecified atom stereocenters. The fourth-order valence-corrected chi connectivity index (χ4v) is 2.51. The fraction of sp³-hybridized carbons (Fsp3) is 0.533. The lowest BCUT2D eigenvalue weighted by atomic mass is 9.87. The van der Waals surface area contributed by atoms with E-state index in [4.69, 9.17) is 4.74 Å². The highest BCUT2D eigenvalue weighted by atomic mass is 16.5. The lowest BCUT2D eigenvalue weighted by molar-refractivity contribution is -0.137.